The van der Waals surface area contributed by atoms with Crippen molar-refractivity contribution in [3.8, 4) is 0 Å². The summed E-state index contributed by atoms with van der Waals surface area (Å²) in [6.07, 6.45) is 4.37. The molecule has 3 aromatic carbocycles. The molecule has 3 unspecified atom stereocenters. The van der Waals surface area contributed by atoms with Gasteiger partial charge in [-0.1, -0.05) is 93.6 Å². The third kappa shape index (κ3) is 10.5. The van der Waals surface area contributed by atoms with Gasteiger partial charge in [-0.3, -0.25) is 4.79 Å². The van der Waals surface area contributed by atoms with E-state index in [0.717, 1.165) is 60.2 Å². The van der Waals surface area contributed by atoms with Crippen molar-refractivity contribution < 1.29 is 15.0 Å². The number of aliphatic hydroxyl groups is 2. The zero-order chi connectivity index (χ0) is 30.3. The van der Waals surface area contributed by atoms with Gasteiger partial charge < -0.3 is 21.3 Å². The Morgan fingerprint density at radius 1 is 0.881 bits per heavy atom. The molecule has 0 bridgehead atoms. The van der Waals surface area contributed by atoms with Gasteiger partial charge in [0.2, 0.25) is 5.91 Å². The minimum atomic E-state index is -0.714. The highest BCUT2D eigenvalue weighted by atomic mass is 32.2. The lowest BCUT2D eigenvalue weighted by atomic mass is 9.85. The lowest BCUT2D eigenvalue weighted by molar-refractivity contribution is -0.123. The highest BCUT2D eigenvalue weighted by Gasteiger charge is 2.29. The van der Waals surface area contributed by atoms with Gasteiger partial charge in [-0.2, -0.15) is 0 Å². The first-order valence-electron chi connectivity index (χ1n) is 15.3. The van der Waals surface area contributed by atoms with Crippen LogP contribution < -0.4 is 11.1 Å². The van der Waals surface area contributed by atoms with Crippen molar-refractivity contribution in [3.05, 3.63) is 102 Å². The summed E-state index contributed by atoms with van der Waals surface area (Å²) in [6.45, 7) is 7.49. The number of hydrogen-bond donors (Lipinski definition) is 4. The monoisotopic (exact) mass is 591 g/mol. The molecule has 0 saturated carbocycles. The first kappa shape index (κ1) is 33.8. The number of amides is 1. The fraction of sp³-hybridized carbons (Fsp3) is 0.457. The molecule has 7 heteroatoms. The summed E-state index contributed by atoms with van der Waals surface area (Å²) in [5, 5.41) is 23.0. The first-order valence-corrected chi connectivity index (χ1v) is 16.0. The molecule has 0 aliphatic heterocycles. The zero-order valence-corrected chi connectivity index (χ0v) is 26.2. The molecule has 0 aromatic heterocycles. The van der Waals surface area contributed by atoms with Crippen LogP contribution in [0.5, 0.6) is 0 Å². The van der Waals surface area contributed by atoms with E-state index in [0.29, 0.717) is 5.92 Å². The number of nitrogens with two attached hydrogens (primary N) is 1. The van der Waals surface area contributed by atoms with Crippen LogP contribution >= 0.6 is 11.9 Å². The summed E-state index contributed by atoms with van der Waals surface area (Å²) in [7, 11) is 0. The molecule has 3 atom stereocenters. The Balaban J connectivity index is 1.62. The summed E-state index contributed by atoms with van der Waals surface area (Å²) < 4.78 is 2.30. The maximum atomic E-state index is 13.5. The number of hydrogen-bond acceptors (Lipinski definition) is 6. The highest BCUT2D eigenvalue weighted by molar-refractivity contribution is 7.97. The van der Waals surface area contributed by atoms with Crippen molar-refractivity contribution >= 4 is 17.9 Å². The Morgan fingerprint density at radius 2 is 1.48 bits per heavy atom. The van der Waals surface area contributed by atoms with E-state index >= 15 is 0 Å². The number of aliphatic hydroxyl groups excluding tert-OH is 2. The molecule has 0 aliphatic rings. The summed E-state index contributed by atoms with van der Waals surface area (Å²) in [5.74, 6) is 0.184. The van der Waals surface area contributed by atoms with Gasteiger partial charge in [-0.05, 0) is 78.8 Å². The molecule has 0 aliphatic carbocycles. The van der Waals surface area contributed by atoms with E-state index in [9.17, 15) is 15.0 Å². The SMILES string of the molecule is CCC(CCCC(CO)N(CCC(C)C)Sc1ccc(CO)cc1)NC(=O)C(N)C(c1ccccc1)c1ccccc1. The largest absolute Gasteiger partial charge is 0.395 e. The molecule has 3 aromatic rings. The zero-order valence-electron chi connectivity index (χ0n) is 25.4. The number of nitrogens with zero attached hydrogens (tertiary/aromatic N) is 1. The second kappa shape index (κ2) is 18.1. The van der Waals surface area contributed by atoms with E-state index in [2.05, 4.69) is 30.4 Å². The van der Waals surface area contributed by atoms with Gasteiger partial charge >= 0.3 is 0 Å². The van der Waals surface area contributed by atoms with Crippen LogP contribution in [-0.4, -0.2) is 51.7 Å². The molecule has 0 heterocycles. The fourth-order valence-corrected chi connectivity index (χ4v) is 6.21. The molecule has 1 amide bonds. The van der Waals surface area contributed by atoms with Crippen molar-refractivity contribution in [3.63, 3.8) is 0 Å². The fourth-order valence-electron chi connectivity index (χ4n) is 5.16. The van der Waals surface area contributed by atoms with E-state index in [1.807, 2.05) is 84.9 Å². The van der Waals surface area contributed by atoms with Crippen molar-refractivity contribution in [1.82, 2.24) is 9.62 Å². The van der Waals surface area contributed by atoms with Crippen LogP contribution in [0.4, 0.5) is 0 Å². The van der Waals surface area contributed by atoms with Crippen LogP contribution in [0.2, 0.25) is 0 Å². The van der Waals surface area contributed by atoms with E-state index in [-0.39, 0.29) is 37.1 Å². The lowest BCUT2D eigenvalue weighted by Gasteiger charge is -2.31. The quantitative estimate of drug-likeness (QED) is 0.133. The molecule has 0 fully saturated rings. The van der Waals surface area contributed by atoms with Gasteiger partial charge in [0, 0.05) is 29.4 Å². The summed E-state index contributed by atoms with van der Waals surface area (Å²) in [6, 6.07) is 27.2. The molecule has 5 N–H and O–H groups in total. The van der Waals surface area contributed by atoms with E-state index < -0.39 is 6.04 Å². The Kier molecular flexibility index (Phi) is 14.6. The first-order chi connectivity index (χ1) is 20.4. The average molecular weight is 592 g/mol. The number of rotatable bonds is 18. The van der Waals surface area contributed by atoms with Crippen LogP contribution in [-0.2, 0) is 11.4 Å². The number of carbonyl (C=O) groups is 1. The topological polar surface area (TPSA) is 98.8 Å². The average Bonchev–Trinajstić information content (AvgIpc) is 3.02. The standard InChI is InChI=1S/C35H49N3O3S/c1-4-30(37-35(41)34(36)33(28-12-7-5-8-13-28)29-14-9-6-10-15-29)16-11-17-31(25-40)38(23-22-26(2)3)42-32-20-18-27(24-39)19-21-32/h5-10,12-15,18-21,26,30-31,33-34,39-40H,4,11,16-17,22-25,36H2,1-3H3,(H,37,41). The molecule has 228 valence electrons. The normalized spacial score (nSPS) is 13.8. The predicted molar refractivity (Wildman–Crippen MR) is 174 cm³/mol. The van der Waals surface area contributed by atoms with Crippen molar-refractivity contribution in [1.29, 1.82) is 0 Å². The molecule has 0 radical (unpaired) electrons. The second-order valence-corrected chi connectivity index (χ2v) is 12.5. The van der Waals surface area contributed by atoms with Crippen LogP contribution in [0.1, 0.15) is 75.5 Å². The van der Waals surface area contributed by atoms with E-state index in [4.69, 9.17) is 5.73 Å². The molecule has 0 saturated heterocycles. The van der Waals surface area contributed by atoms with Crippen molar-refractivity contribution in [2.45, 2.75) is 88.4 Å². The highest BCUT2D eigenvalue weighted by Crippen LogP contribution is 2.29. The lowest BCUT2D eigenvalue weighted by Crippen LogP contribution is -2.48. The van der Waals surface area contributed by atoms with Gasteiger partial charge in [-0.15, -0.1) is 0 Å². The molecule has 42 heavy (non-hydrogen) atoms. The van der Waals surface area contributed by atoms with Gasteiger partial charge in [0.25, 0.3) is 0 Å². The van der Waals surface area contributed by atoms with E-state index in [1.54, 1.807) is 11.9 Å². The third-order valence-corrected chi connectivity index (χ3v) is 8.98. The van der Waals surface area contributed by atoms with Crippen LogP contribution in [0.3, 0.4) is 0 Å². The van der Waals surface area contributed by atoms with E-state index in [1.165, 1.54) is 0 Å². The molecular formula is C35H49N3O3S. The maximum absolute atomic E-state index is 13.5. The van der Waals surface area contributed by atoms with Gasteiger partial charge in [0.15, 0.2) is 0 Å². The summed E-state index contributed by atoms with van der Waals surface area (Å²) in [4.78, 5) is 14.5. The predicted octanol–water partition coefficient (Wildman–Crippen LogP) is 6.12. The number of nitrogens with one attached hydrogen (secondary N) is 1. The Bertz CT molecular complexity index is 1120. The number of benzene rings is 3. The third-order valence-electron chi connectivity index (χ3n) is 7.78. The van der Waals surface area contributed by atoms with Crippen LogP contribution in [0.25, 0.3) is 0 Å². The molecule has 6 nitrogen and oxygen atoms in total. The van der Waals surface area contributed by atoms with Gasteiger partial charge in [0.1, 0.15) is 0 Å². The van der Waals surface area contributed by atoms with Crippen molar-refractivity contribution in [2.75, 3.05) is 13.2 Å². The summed E-state index contributed by atoms with van der Waals surface area (Å²) >= 11 is 1.67. The number of carbonyl (C=O) groups excluding carboxylic acids is 1. The molecular weight excluding hydrogens is 542 g/mol. The summed E-state index contributed by atoms with van der Waals surface area (Å²) in [5.41, 5.74) is 9.58. The minimum absolute atomic E-state index is 0.00211. The Hall–Kier alpha value is -2.68. The van der Waals surface area contributed by atoms with Gasteiger partial charge in [-0.25, -0.2) is 4.31 Å². The Morgan fingerprint density at radius 3 is 1.98 bits per heavy atom. The molecule has 0 spiro atoms. The second-order valence-electron chi connectivity index (χ2n) is 11.4. The molecule has 3 rings (SSSR count). The Labute approximate surface area is 256 Å². The van der Waals surface area contributed by atoms with Gasteiger partial charge in [0.05, 0.1) is 19.3 Å². The van der Waals surface area contributed by atoms with Crippen molar-refractivity contribution in [2.24, 2.45) is 11.7 Å². The maximum Gasteiger partial charge on any atom is 0.238 e. The van der Waals surface area contributed by atoms with Crippen LogP contribution in [0.15, 0.2) is 89.8 Å². The smallest absolute Gasteiger partial charge is 0.238 e. The minimum Gasteiger partial charge on any atom is -0.395 e. The van der Waals surface area contributed by atoms with Crippen LogP contribution in [0, 0.1) is 5.92 Å².